The van der Waals surface area contributed by atoms with Crippen molar-refractivity contribution >= 4 is 0 Å². The molecule has 1 aromatic carbocycles. The Labute approximate surface area is 98.5 Å². The van der Waals surface area contributed by atoms with Gasteiger partial charge in [-0.3, -0.25) is 0 Å². The summed E-state index contributed by atoms with van der Waals surface area (Å²) in [6.45, 7) is 4.23. The smallest absolute Gasteiger partial charge is 0.0792 e. The van der Waals surface area contributed by atoms with Gasteiger partial charge in [-0.05, 0) is 42.9 Å². The first-order valence-electron chi connectivity index (χ1n) is 6.42. The van der Waals surface area contributed by atoms with Crippen LogP contribution >= 0.6 is 0 Å². The zero-order valence-electron chi connectivity index (χ0n) is 10.4. The van der Waals surface area contributed by atoms with E-state index in [0.717, 1.165) is 17.9 Å². The van der Waals surface area contributed by atoms with E-state index in [0.29, 0.717) is 0 Å². The highest BCUT2D eigenvalue weighted by Crippen LogP contribution is 2.33. The first kappa shape index (κ1) is 11.7. The average molecular weight is 218 g/mol. The highest BCUT2D eigenvalue weighted by molar-refractivity contribution is 5.31. The molecule has 0 bridgehead atoms. The van der Waals surface area contributed by atoms with Crippen LogP contribution in [0.25, 0.3) is 0 Å². The fraction of sp³-hybridized carbons (Fsp3) is 0.600. The molecule has 1 aromatic rings. The van der Waals surface area contributed by atoms with E-state index in [1.54, 1.807) is 0 Å². The molecule has 0 amide bonds. The van der Waals surface area contributed by atoms with Gasteiger partial charge in [0, 0.05) is 0 Å². The first-order chi connectivity index (χ1) is 7.66. The largest absolute Gasteiger partial charge is 0.388 e. The lowest BCUT2D eigenvalue weighted by Gasteiger charge is -2.16. The summed E-state index contributed by atoms with van der Waals surface area (Å²) in [5.41, 5.74) is 3.68. The zero-order chi connectivity index (χ0) is 11.5. The Morgan fingerprint density at radius 3 is 2.50 bits per heavy atom. The van der Waals surface area contributed by atoms with Crippen LogP contribution in [0.15, 0.2) is 18.2 Å². The van der Waals surface area contributed by atoms with Gasteiger partial charge in [-0.15, -0.1) is 0 Å². The van der Waals surface area contributed by atoms with E-state index in [1.807, 2.05) is 0 Å². The Morgan fingerprint density at radius 2 is 1.88 bits per heavy atom. The molecule has 0 saturated heterocycles. The lowest BCUT2D eigenvalue weighted by molar-refractivity contribution is 0.145. The molecule has 16 heavy (non-hydrogen) atoms. The van der Waals surface area contributed by atoms with Crippen molar-refractivity contribution in [3.8, 4) is 0 Å². The van der Waals surface area contributed by atoms with Crippen LogP contribution in [0.4, 0.5) is 0 Å². The van der Waals surface area contributed by atoms with Gasteiger partial charge >= 0.3 is 0 Å². The summed E-state index contributed by atoms with van der Waals surface area (Å²) < 4.78 is 0. The number of rotatable bonds is 3. The summed E-state index contributed by atoms with van der Waals surface area (Å²) in [7, 11) is 0. The van der Waals surface area contributed by atoms with E-state index in [2.05, 4.69) is 32.0 Å². The number of benzene rings is 1. The van der Waals surface area contributed by atoms with Gasteiger partial charge in [-0.2, -0.15) is 0 Å². The minimum absolute atomic E-state index is 0.262. The molecule has 2 rings (SSSR count). The third-order valence-corrected chi connectivity index (χ3v) is 3.95. The van der Waals surface area contributed by atoms with Gasteiger partial charge in [0.15, 0.2) is 0 Å². The molecule has 0 spiro atoms. The monoisotopic (exact) mass is 218 g/mol. The highest BCUT2D eigenvalue weighted by Gasteiger charge is 2.19. The van der Waals surface area contributed by atoms with Gasteiger partial charge in [-0.1, -0.05) is 43.9 Å². The van der Waals surface area contributed by atoms with E-state index >= 15 is 0 Å². The number of aliphatic hydroxyl groups is 1. The minimum Gasteiger partial charge on any atom is -0.388 e. The topological polar surface area (TPSA) is 20.2 Å². The normalized spacial score (nSPS) is 18.9. The van der Waals surface area contributed by atoms with Crippen LogP contribution in [0.2, 0.25) is 0 Å². The maximum atomic E-state index is 10.2. The van der Waals surface area contributed by atoms with Gasteiger partial charge in [-0.25, -0.2) is 0 Å². The molecule has 0 heterocycles. The van der Waals surface area contributed by atoms with Crippen molar-refractivity contribution in [2.45, 2.75) is 52.1 Å². The van der Waals surface area contributed by atoms with Crippen molar-refractivity contribution in [1.82, 2.24) is 0 Å². The Morgan fingerprint density at radius 1 is 1.19 bits per heavy atom. The SMILES string of the molecule is Cc1ccc(C(O)CC2CCCC2)cc1C. The standard InChI is InChI=1S/C15H22O/c1-11-7-8-14(9-12(11)2)15(16)10-13-5-3-4-6-13/h7-9,13,15-16H,3-6,10H2,1-2H3. The molecule has 1 nitrogen and oxygen atoms in total. The maximum absolute atomic E-state index is 10.2. The van der Waals surface area contributed by atoms with Crippen LogP contribution in [0.1, 0.15) is 54.9 Å². The fourth-order valence-electron chi connectivity index (χ4n) is 2.67. The van der Waals surface area contributed by atoms with Crippen molar-refractivity contribution in [3.05, 3.63) is 34.9 Å². The summed E-state index contributed by atoms with van der Waals surface area (Å²) in [6.07, 6.45) is 6.00. The van der Waals surface area contributed by atoms with Crippen LogP contribution in [-0.2, 0) is 0 Å². The second kappa shape index (κ2) is 5.01. The van der Waals surface area contributed by atoms with Gasteiger partial charge in [0.1, 0.15) is 0 Å². The Balaban J connectivity index is 2.02. The lowest BCUT2D eigenvalue weighted by atomic mass is 9.94. The van der Waals surface area contributed by atoms with Gasteiger partial charge in [0.2, 0.25) is 0 Å². The molecule has 1 fully saturated rings. The molecule has 1 aliphatic rings. The van der Waals surface area contributed by atoms with Crippen molar-refractivity contribution in [2.75, 3.05) is 0 Å². The minimum atomic E-state index is -0.262. The van der Waals surface area contributed by atoms with E-state index in [-0.39, 0.29) is 6.10 Å². The van der Waals surface area contributed by atoms with Crippen molar-refractivity contribution in [2.24, 2.45) is 5.92 Å². The summed E-state index contributed by atoms with van der Waals surface area (Å²) in [5, 5.41) is 10.2. The second-order valence-corrected chi connectivity index (χ2v) is 5.25. The molecule has 0 aromatic heterocycles. The zero-order valence-corrected chi connectivity index (χ0v) is 10.4. The summed E-state index contributed by atoms with van der Waals surface area (Å²) in [4.78, 5) is 0. The highest BCUT2D eigenvalue weighted by atomic mass is 16.3. The van der Waals surface area contributed by atoms with Gasteiger partial charge in [0.05, 0.1) is 6.10 Å². The third kappa shape index (κ3) is 2.65. The molecule has 0 aliphatic heterocycles. The summed E-state index contributed by atoms with van der Waals surface area (Å²) in [6, 6.07) is 6.32. The Bertz CT molecular complexity index is 350. The van der Waals surface area contributed by atoms with E-state index in [4.69, 9.17) is 0 Å². The van der Waals surface area contributed by atoms with Crippen LogP contribution in [0.3, 0.4) is 0 Å². The fourth-order valence-corrected chi connectivity index (χ4v) is 2.67. The predicted molar refractivity (Wildman–Crippen MR) is 67.5 cm³/mol. The van der Waals surface area contributed by atoms with Crippen LogP contribution in [0, 0.1) is 19.8 Å². The third-order valence-electron chi connectivity index (χ3n) is 3.95. The van der Waals surface area contributed by atoms with Crippen LogP contribution in [-0.4, -0.2) is 5.11 Å². The number of hydrogen-bond donors (Lipinski definition) is 1. The molecule has 1 aliphatic carbocycles. The predicted octanol–water partition coefficient (Wildman–Crippen LogP) is 3.92. The number of hydrogen-bond acceptors (Lipinski definition) is 1. The number of aryl methyl sites for hydroxylation is 2. The molecule has 88 valence electrons. The van der Waals surface area contributed by atoms with E-state index in [1.165, 1.54) is 36.8 Å². The Kier molecular flexibility index (Phi) is 3.65. The van der Waals surface area contributed by atoms with Gasteiger partial charge < -0.3 is 5.11 Å². The van der Waals surface area contributed by atoms with Crippen molar-refractivity contribution < 1.29 is 5.11 Å². The summed E-state index contributed by atoms with van der Waals surface area (Å²) in [5.74, 6) is 0.747. The lowest BCUT2D eigenvalue weighted by Crippen LogP contribution is -2.04. The molecule has 0 radical (unpaired) electrons. The van der Waals surface area contributed by atoms with Crippen LogP contribution < -0.4 is 0 Å². The van der Waals surface area contributed by atoms with Crippen LogP contribution in [0.5, 0.6) is 0 Å². The molecule has 1 N–H and O–H groups in total. The first-order valence-corrected chi connectivity index (χ1v) is 6.42. The van der Waals surface area contributed by atoms with Gasteiger partial charge in [0.25, 0.3) is 0 Å². The number of aliphatic hydroxyl groups excluding tert-OH is 1. The van der Waals surface area contributed by atoms with E-state index in [9.17, 15) is 5.11 Å². The molecule has 1 unspecified atom stereocenters. The maximum Gasteiger partial charge on any atom is 0.0792 e. The second-order valence-electron chi connectivity index (χ2n) is 5.25. The molecule has 1 atom stereocenters. The van der Waals surface area contributed by atoms with E-state index < -0.39 is 0 Å². The molecule has 1 heteroatoms. The summed E-state index contributed by atoms with van der Waals surface area (Å²) >= 11 is 0. The molecule has 1 saturated carbocycles. The average Bonchev–Trinajstić information content (AvgIpc) is 2.74. The van der Waals surface area contributed by atoms with Crippen molar-refractivity contribution in [1.29, 1.82) is 0 Å². The quantitative estimate of drug-likeness (QED) is 0.815. The van der Waals surface area contributed by atoms with Crippen molar-refractivity contribution in [3.63, 3.8) is 0 Å². The molecular formula is C15H22O. The molecular weight excluding hydrogens is 196 g/mol. The Hall–Kier alpha value is -0.820.